The Balaban J connectivity index is 1.58. The fourth-order valence-corrected chi connectivity index (χ4v) is 5.08. The number of hydrogen-bond donors (Lipinski definition) is 1. The molecule has 7 nitrogen and oxygen atoms in total. The molecule has 0 aromatic heterocycles. The van der Waals surface area contributed by atoms with E-state index in [1.807, 2.05) is 56.3 Å². The van der Waals surface area contributed by atoms with Crippen molar-refractivity contribution in [2.45, 2.75) is 13.8 Å². The lowest BCUT2D eigenvalue weighted by atomic mass is 10.1. The fourth-order valence-electron chi connectivity index (χ4n) is 3.98. The van der Waals surface area contributed by atoms with Gasteiger partial charge >= 0.3 is 0 Å². The van der Waals surface area contributed by atoms with Crippen molar-refractivity contribution in [2.24, 2.45) is 10.2 Å². The highest BCUT2D eigenvalue weighted by molar-refractivity contribution is 8.19. The lowest BCUT2D eigenvalue weighted by Crippen LogP contribution is -2.29. The van der Waals surface area contributed by atoms with Crippen molar-refractivity contribution in [2.75, 3.05) is 17.3 Å². The van der Waals surface area contributed by atoms with Gasteiger partial charge in [-0.05, 0) is 79.2 Å². The summed E-state index contributed by atoms with van der Waals surface area (Å²) in [6, 6.07) is 18.3. The average Bonchev–Trinajstić information content (AvgIpc) is 3.33. The number of fused-ring (bicyclic) bond motifs is 1. The van der Waals surface area contributed by atoms with E-state index in [1.54, 1.807) is 31.4 Å². The van der Waals surface area contributed by atoms with Crippen molar-refractivity contribution >= 4 is 63.5 Å². The van der Waals surface area contributed by atoms with Gasteiger partial charge in [0.05, 0.1) is 23.4 Å². The molecule has 0 saturated carbocycles. The Kier molecular flexibility index (Phi) is 6.38. The second-order valence-corrected chi connectivity index (χ2v) is 9.74. The molecule has 2 amide bonds. The van der Waals surface area contributed by atoms with Crippen molar-refractivity contribution in [3.05, 3.63) is 92.8 Å². The normalized spacial score (nSPS) is 18.3. The summed E-state index contributed by atoms with van der Waals surface area (Å²) in [6.07, 6.45) is 1.80. The number of amidine groups is 1. The maximum absolute atomic E-state index is 13.6. The summed E-state index contributed by atoms with van der Waals surface area (Å²) in [5.74, 6) is 0.131. The van der Waals surface area contributed by atoms with Crippen LogP contribution in [0.1, 0.15) is 22.3 Å². The minimum Gasteiger partial charge on any atom is -0.497 e. The number of amides is 2. The molecule has 1 fully saturated rings. The number of methoxy groups -OCH3 is 1. The van der Waals surface area contributed by atoms with Gasteiger partial charge in [-0.1, -0.05) is 41.4 Å². The maximum Gasteiger partial charge on any atom is 0.276 e. The number of nitrogens with one attached hydrogen (secondary N) is 1. The molecule has 0 bridgehead atoms. The first kappa shape index (κ1) is 23.8. The highest BCUT2D eigenvalue weighted by Gasteiger charge is 2.36. The largest absolute Gasteiger partial charge is 0.497 e. The van der Waals surface area contributed by atoms with E-state index in [0.717, 1.165) is 22.4 Å². The van der Waals surface area contributed by atoms with Crippen LogP contribution in [0, 0.1) is 13.8 Å². The van der Waals surface area contributed by atoms with Crippen LogP contribution in [0.25, 0.3) is 6.08 Å². The lowest BCUT2D eigenvalue weighted by Gasteiger charge is -2.17. The standard InChI is InChI=1S/C27H21ClN4O3S/c1-15-4-11-22(16(2)12-15)32-26(34)23(13-17-5-8-19(35-3)9-6-17)36-27(32)31-30-24-20-14-18(28)7-10-21(20)29-25(24)33/h4-14H,1-3H3,(H,29,30,33). The molecule has 180 valence electrons. The number of rotatable bonds is 4. The zero-order valence-electron chi connectivity index (χ0n) is 19.7. The van der Waals surface area contributed by atoms with Gasteiger partial charge < -0.3 is 10.1 Å². The molecule has 2 heterocycles. The third-order valence-electron chi connectivity index (χ3n) is 5.75. The van der Waals surface area contributed by atoms with Gasteiger partial charge in [0.1, 0.15) is 5.75 Å². The number of ether oxygens (including phenoxy) is 1. The Morgan fingerprint density at radius 3 is 2.50 bits per heavy atom. The molecule has 3 aromatic carbocycles. The zero-order chi connectivity index (χ0) is 25.4. The Labute approximate surface area is 217 Å². The first-order chi connectivity index (χ1) is 17.3. The Morgan fingerprint density at radius 2 is 1.78 bits per heavy atom. The van der Waals surface area contributed by atoms with Gasteiger partial charge in [0.15, 0.2) is 5.71 Å². The van der Waals surface area contributed by atoms with Crippen LogP contribution in [0.4, 0.5) is 11.4 Å². The lowest BCUT2D eigenvalue weighted by molar-refractivity contribution is -0.113. The van der Waals surface area contributed by atoms with Crippen LogP contribution in [-0.4, -0.2) is 29.8 Å². The quantitative estimate of drug-likeness (QED) is 0.351. The first-order valence-electron chi connectivity index (χ1n) is 11.1. The van der Waals surface area contributed by atoms with Crippen LogP contribution < -0.4 is 15.0 Å². The fraction of sp³-hybridized carbons (Fsp3) is 0.111. The number of carbonyl (C=O) groups excluding carboxylic acids is 2. The second kappa shape index (κ2) is 9.64. The summed E-state index contributed by atoms with van der Waals surface area (Å²) in [5.41, 5.74) is 4.88. The van der Waals surface area contributed by atoms with E-state index in [1.165, 1.54) is 16.7 Å². The predicted octanol–water partition coefficient (Wildman–Crippen LogP) is 5.80. The summed E-state index contributed by atoms with van der Waals surface area (Å²) in [5, 5.41) is 12.2. The minimum atomic E-state index is -0.377. The number of anilines is 2. The predicted molar refractivity (Wildman–Crippen MR) is 146 cm³/mol. The van der Waals surface area contributed by atoms with Crippen LogP contribution in [0.2, 0.25) is 5.02 Å². The van der Waals surface area contributed by atoms with E-state index < -0.39 is 0 Å². The number of carbonyl (C=O) groups is 2. The minimum absolute atomic E-state index is 0.140. The van der Waals surface area contributed by atoms with Gasteiger partial charge in [0.2, 0.25) is 5.17 Å². The van der Waals surface area contributed by atoms with Crippen LogP contribution in [0.15, 0.2) is 75.8 Å². The third-order valence-corrected chi connectivity index (χ3v) is 6.94. The van der Waals surface area contributed by atoms with Crippen molar-refractivity contribution in [1.29, 1.82) is 0 Å². The average molecular weight is 517 g/mol. The molecule has 2 aliphatic rings. The van der Waals surface area contributed by atoms with E-state index in [4.69, 9.17) is 16.3 Å². The maximum atomic E-state index is 13.6. The number of halogens is 1. The van der Waals surface area contributed by atoms with Crippen LogP contribution in [-0.2, 0) is 9.59 Å². The van der Waals surface area contributed by atoms with E-state index in [0.29, 0.717) is 32.0 Å². The smallest absolute Gasteiger partial charge is 0.276 e. The Hall–Kier alpha value is -3.88. The molecule has 0 atom stereocenters. The summed E-state index contributed by atoms with van der Waals surface area (Å²) in [4.78, 5) is 28.1. The molecular weight excluding hydrogens is 496 g/mol. The van der Waals surface area contributed by atoms with Crippen LogP contribution in [0.3, 0.4) is 0 Å². The van der Waals surface area contributed by atoms with Crippen molar-refractivity contribution in [1.82, 2.24) is 0 Å². The van der Waals surface area contributed by atoms with Gasteiger partial charge in [-0.2, -0.15) is 0 Å². The first-order valence-corrected chi connectivity index (χ1v) is 12.3. The van der Waals surface area contributed by atoms with E-state index in [-0.39, 0.29) is 17.5 Å². The second-order valence-electron chi connectivity index (χ2n) is 8.29. The molecular formula is C27H21ClN4O3S. The van der Waals surface area contributed by atoms with E-state index in [9.17, 15) is 9.59 Å². The molecule has 2 aliphatic heterocycles. The number of benzene rings is 3. The molecule has 0 radical (unpaired) electrons. The van der Waals surface area contributed by atoms with Crippen LogP contribution >= 0.6 is 23.4 Å². The third kappa shape index (κ3) is 4.53. The van der Waals surface area contributed by atoms with E-state index >= 15 is 0 Å². The molecule has 0 spiro atoms. The van der Waals surface area contributed by atoms with Gasteiger partial charge in [-0.15, -0.1) is 10.2 Å². The molecule has 0 unspecified atom stereocenters. The van der Waals surface area contributed by atoms with Gasteiger partial charge in [-0.25, -0.2) is 0 Å². The number of thioether (sulfide) groups is 1. The summed E-state index contributed by atoms with van der Waals surface area (Å²) in [6.45, 7) is 3.94. The SMILES string of the molecule is COc1ccc(C=C2SC(=NN=C3C(=O)Nc4ccc(Cl)cc43)N(c3ccc(C)cc3C)C2=O)cc1. The highest BCUT2D eigenvalue weighted by atomic mass is 35.5. The summed E-state index contributed by atoms with van der Waals surface area (Å²) >= 11 is 7.33. The Morgan fingerprint density at radius 1 is 1.00 bits per heavy atom. The molecule has 9 heteroatoms. The topological polar surface area (TPSA) is 83.4 Å². The molecule has 1 N–H and O–H groups in total. The monoisotopic (exact) mass is 516 g/mol. The molecule has 5 rings (SSSR count). The molecule has 3 aromatic rings. The van der Waals surface area contributed by atoms with Gasteiger partial charge in [0, 0.05) is 10.6 Å². The zero-order valence-corrected chi connectivity index (χ0v) is 21.3. The summed E-state index contributed by atoms with van der Waals surface area (Å²) < 4.78 is 5.22. The van der Waals surface area contributed by atoms with Crippen molar-refractivity contribution in [3.8, 4) is 5.75 Å². The highest BCUT2D eigenvalue weighted by Crippen LogP contribution is 2.38. The molecule has 36 heavy (non-hydrogen) atoms. The number of nitrogens with zero attached hydrogens (tertiary/aromatic N) is 3. The molecule has 0 aliphatic carbocycles. The number of hydrogen-bond acceptors (Lipinski definition) is 6. The van der Waals surface area contributed by atoms with Gasteiger partial charge in [-0.3, -0.25) is 14.5 Å². The Bertz CT molecular complexity index is 1500. The van der Waals surface area contributed by atoms with Crippen LogP contribution in [0.5, 0.6) is 5.75 Å². The summed E-state index contributed by atoms with van der Waals surface area (Å²) in [7, 11) is 1.60. The molecule has 1 saturated heterocycles. The van der Waals surface area contributed by atoms with Crippen molar-refractivity contribution < 1.29 is 14.3 Å². The van der Waals surface area contributed by atoms with Crippen molar-refractivity contribution in [3.63, 3.8) is 0 Å². The van der Waals surface area contributed by atoms with Gasteiger partial charge in [0.25, 0.3) is 11.8 Å². The van der Waals surface area contributed by atoms with E-state index in [2.05, 4.69) is 15.5 Å². The number of aryl methyl sites for hydroxylation is 2.